The quantitative estimate of drug-likeness (QED) is 0.646. The van der Waals surface area contributed by atoms with Gasteiger partial charge in [0.15, 0.2) is 0 Å². The third-order valence-electron chi connectivity index (χ3n) is 5.61. The van der Waals surface area contributed by atoms with Crippen molar-refractivity contribution in [1.82, 2.24) is 19.6 Å². The van der Waals surface area contributed by atoms with Crippen LogP contribution in [0.5, 0.6) is 0 Å². The highest BCUT2D eigenvalue weighted by Gasteiger charge is 2.30. The van der Waals surface area contributed by atoms with E-state index in [0.29, 0.717) is 17.8 Å². The van der Waals surface area contributed by atoms with Crippen LogP contribution in [0.15, 0.2) is 67.0 Å². The zero-order valence-electron chi connectivity index (χ0n) is 17.9. The molecule has 0 spiro atoms. The van der Waals surface area contributed by atoms with Gasteiger partial charge in [0.1, 0.15) is 12.4 Å². The third-order valence-corrected chi connectivity index (χ3v) is 5.61. The molecule has 0 saturated carbocycles. The number of aromatic nitrogens is 2. The van der Waals surface area contributed by atoms with Crippen LogP contribution in [0.2, 0.25) is 0 Å². The van der Waals surface area contributed by atoms with Crippen molar-refractivity contribution >= 4 is 17.5 Å². The number of halogens is 1. The highest BCUT2D eigenvalue weighted by atomic mass is 19.1. The van der Waals surface area contributed by atoms with Crippen molar-refractivity contribution in [3.63, 3.8) is 0 Å². The Labute approximate surface area is 186 Å². The Balaban J connectivity index is 1.38. The van der Waals surface area contributed by atoms with Crippen molar-refractivity contribution in [3.8, 4) is 0 Å². The summed E-state index contributed by atoms with van der Waals surface area (Å²) in [4.78, 5) is 29.5. The van der Waals surface area contributed by atoms with E-state index in [1.54, 1.807) is 24.4 Å². The minimum absolute atomic E-state index is 0.0158. The molecule has 1 saturated heterocycles. The molecule has 0 radical (unpaired) electrons. The van der Waals surface area contributed by atoms with Crippen molar-refractivity contribution < 1.29 is 14.0 Å². The molecule has 4 rings (SSSR count). The van der Waals surface area contributed by atoms with E-state index in [0.717, 1.165) is 18.7 Å². The molecule has 2 heterocycles. The number of nitrogens with zero attached hydrogens (tertiary/aromatic N) is 4. The summed E-state index contributed by atoms with van der Waals surface area (Å²) in [6, 6.07) is 16.2. The molecule has 32 heavy (non-hydrogen) atoms. The van der Waals surface area contributed by atoms with Crippen molar-refractivity contribution in [2.75, 3.05) is 32.0 Å². The van der Waals surface area contributed by atoms with Crippen molar-refractivity contribution in [1.29, 1.82) is 0 Å². The first kappa shape index (κ1) is 21.7. The molecule has 0 bridgehead atoms. The summed E-state index contributed by atoms with van der Waals surface area (Å²) in [5.41, 5.74) is 1.90. The Hall–Kier alpha value is -3.52. The standard InChI is InChI=1S/C24H26FN5O2/c1-28-11-12-30(22(16-28)18-7-3-2-4-8-18)24(32)17-29-15-20(14-26-29)27-23(31)13-19-9-5-6-10-21(19)25/h2-10,14-15,22H,11-13,16-17H2,1H3,(H,27,31). The van der Waals surface area contributed by atoms with E-state index in [-0.39, 0.29) is 30.8 Å². The molecular weight excluding hydrogens is 409 g/mol. The fourth-order valence-corrected chi connectivity index (χ4v) is 3.94. The Morgan fingerprint density at radius 3 is 2.62 bits per heavy atom. The van der Waals surface area contributed by atoms with E-state index in [4.69, 9.17) is 0 Å². The van der Waals surface area contributed by atoms with Gasteiger partial charge in [0.05, 0.1) is 24.3 Å². The van der Waals surface area contributed by atoms with Crippen LogP contribution in [0.4, 0.5) is 10.1 Å². The minimum atomic E-state index is -0.413. The molecule has 1 atom stereocenters. The number of hydrogen-bond acceptors (Lipinski definition) is 4. The fraction of sp³-hybridized carbons (Fsp3) is 0.292. The molecule has 1 aromatic heterocycles. The van der Waals surface area contributed by atoms with Gasteiger partial charge in [0, 0.05) is 25.8 Å². The van der Waals surface area contributed by atoms with Crippen LogP contribution in [0.1, 0.15) is 17.2 Å². The molecule has 1 N–H and O–H groups in total. The average Bonchev–Trinajstić information content (AvgIpc) is 3.22. The van der Waals surface area contributed by atoms with Gasteiger partial charge in [-0.05, 0) is 24.2 Å². The lowest BCUT2D eigenvalue weighted by Crippen LogP contribution is -2.50. The highest BCUT2D eigenvalue weighted by Crippen LogP contribution is 2.25. The first-order valence-corrected chi connectivity index (χ1v) is 10.6. The molecule has 1 aliphatic heterocycles. The lowest BCUT2D eigenvalue weighted by molar-refractivity contribution is -0.137. The average molecular weight is 436 g/mol. The van der Waals surface area contributed by atoms with Gasteiger partial charge in [0.25, 0.3) is 0 Å². The lowest BCUT2D eigenvalue weighted by Gasteiger charge is -2.40. The van der Waals surface area contributed by atoms with Crippen LogP contribution in [0.25, 0.3) is 0 Å². The Kier molecular flexibility index (Phi) is 6.61. The van der Waals surface area contributed by atoms with Gasteiger partial charge in [-0.25, -0.2) is 4.39 Å². The van der Waals surface area contributed by atoms with Gasteiger partial charge in [0.2, 0.25) is 11.8 Å². The molecule has 1 unspecified atom stereocenters. The van der Waals surface area contributed by atoms with E-state index in [9.17, 15) is 14.0 Å². The maximum Gasteiger partial charge on any atom is 0.244 e. The first-order valence-electron chi connectivity index (χ1n) is 10.6. The number of likely N-dealkylation sites (N-methyl/N-ethyl adjacent to an activating group) is 1. The Bertz CT molecular complexity index is 1080. The minimum Gasteiger partial charge on any atom is -0.331 e. The van der Waals surface area contributed by atoms with Gasteiger partial charge < -0.3 is 15.1 Å². The SMILES string of the molecule is CN1CCN(C(=O)Cn2cc(NC(=O)Cc3ccccc3F)cn2)C(c2ccccc2)C1. The number of hydrogen-bond donors (Lipinski definition) is 1. The first-order chi connectivity index (χ1) is 15.5. The van der Waals surface area contributed by atoms with Crippen molar-refractivity contribution in [2.45, 2.75) is 19.0 Å². The van der Waals surface area contributed by atoms with Gasteiger partial charge >= 0.3 is 0 Å². The molecule has 166 valence electrons. The van der Waals surface area contributed by atoms with Gasteiger partial charge in [-0.2, -0.15) is 5.10 Å². The summed E-state index contributed by atoms with van der Waals surface area (Å²) in [6.07, 6.45) is 3.03. The predicted molar refractivity (Wildman–Crippen MR) is 119 cm³/mol. The van der Waals surface area contributed by atoms with Crippen LogP contribution in [0.3, 0.4) is 0 Å². The van der Waals surface area contributed by atoms with E-state index < -0.39 is 5.82 Å². The highest BCUT2D eigenvalue weighted by molar-refractivity contribution is 5.92. The number of amides is 2. The maximum atomic E-state index is 13.7. The Morgan fingerprint density at radius 2 is 1.84 bits per heavy atom. The zero-order valence-corrected chi connectivity index (χ0v) is 17.9. The van der Waals surface area contributed by atoms with E-state index in [1.165, 1.54) is 16.9 Å². The molecule has 2 aromatic carbocycles. The Morgan fingerprint density at radius 1 is 1.09 bits per heavy atom. The molecule has 3 aromatic rings. The zero-order chi connectivity index (χ0) is 22.5. The predicted octanol–water partition coefficient (Wildman–Crippen LogP) is 2.72. The summed E-state index contributed by atoms with van der Waals surface area (Å²) in [6.45, 7) is 2.30. The second kappa shape index (κ2) is 9.74. The lowest BCUT2D eigenvalue weighted by atomic mass is 10.0. The van der Waals surface area contributed by atoms with Crippen LogP contribution in [-0.2, 0) is 22.6 Å². The molecule has 0 aliphatic carbocycles. The number of nitrogens with one attached hydrogen (secondary N) is 1. The molecule has 2 amide bonds. The van der Waals surface area contributed by atoms with Crippen LogP contribution >= 0.6 is 0 Å². The monoisotopic (exact) mass is 435 g/mol. The van der Waals surface area contributed by atoms with Crippen molar-refractivity contribution in [3.05, 3.63) is 83.9 Å². The fourth-order valence-electron chi connectivity index (χ4n) is 3.94. The van der Waals surface area contributed by atoms with Gasteiger partial charge in [-0.1, -0.05) is 48.5 Å². The van der Waals surface area contributed by atoms with E-state index >= 15 is 0 Å². The molecular formula is C24H26FN5O2. The number of carbonyl (C=O) groups excluding carboxylic acids is 2. The molecule has 8 heteroatoms. The second-order valence-corrected chi connectivity index (χ2v) is 8.02. The maximum absolute atomic E-state index is 13.7. The molecule has 7 nitrogen and oxygen atoms in total. The van der Waals surface area contributed by atoms with E-state index in [2.05, 4.69) is 22.4 Å². The number of anilines is 1. The third kappa shape index (κ3) is 5.20. The number of benzene rings is 2. The van der Waals surface area contributed by atoms with Crippen LogP contribution in [-0.4, -0.2) is 58.1 Å². The molecule has 1 fully saturated rings. The summed E-state index contributed by atoms with van der Waals surface area (Å²) in [5, 5.41) is 6.92. The van der Waals surface area contributed by atoms with Gasteiger partial charge in [-0.3, -0.25) is 14.3 Å². The number of rotatable bonds is 6. The number of carbonyl (C=O) groups is 2. The smallest absolute Gasteiger partial charge is 0.244 e. The van der Waals surface area contributed by atoms with Gasteiger partial charge in [-0.15, -0.1) is 0 Å². The summed E-state index contributed by atoms with van der Waals surface area (Å²) < 4.78 is 15.3. The summed E-state index contributed by atoms with van der Waals surface area (Å²) >= 11 is 0. The molecule has 1 aliphatic rings. The largest absolute Gasteiger partial charge is 0.331 e. The number of piperazine rings is 1. The summed E-state index contributed by atoms with van der Waals surface area (Å²) in [7, 11) is 2.06. The summed E-state index contributed by atoms with van der Waals surface area (Å²) in [5.74, 6) is -0.785. The van der Waals surface area contributed by atoms with Crippen LogP contribution in [0, 0.1) is 5.82 Å². The second-order valence-electron chi connectivity index (χ2n) is 8.02. The van der Waals surface area contributed by atoms with Crippen molar-refractivity contribution in [2.24, 2.45) is 0 Å². The van der Waals surface area contributed by atoms with E-state index in [1.807, 2.05) is 35.2 Å². The topological polar surface area (TPSA) is 70.5 Å². The van der Waals surface area contributed by atoms with Crippen LogP contribution < -0.4 is 5.32 Å². The normalized spacial score (nSPS) is 16.7.